The van der Waals surface area contributed by atoms with Crippen molar-refractivity contribution in [2.75, 3.05) is 6.54 Å². The molecular formula is C14H13NO6. The van der Waals surface area contributed by atoms with Crippen molar-refractivity contribution < 1.29 is 24.4 Å². The number of esters is 1. The Kier molecular flexibility index (Phi) is 2.93. The van der Waals surface area contributed by atoms with E-state index in [4.69, 9.17) is 4.74 Å². The Bertz CT molecular complexity index is 655. The van der Waals surface area contributed by atoms with Crippen LogP contribution in [0.5, 0.6) is 11.5 Å². The van der Waals surface area contributed by atoms with Crippen molar-refractivity contribution in [1.29, 1.82) is 0 Å². The van der Waals surface area contributed by atoms with Gasteiger partial charge in [0, 0.05) is 16.9 Å². The maximum atomic E-state index is 12.4. The predicted octanol–water partition coefficient (Wildman–Crippen LogP) is 1.41. The fourth-order valence-corrected chi connectivity index (χ4v) is 3.40. The van der Waals surface area contributed by atoms with E-state index in [1.165, 1.54) is 12.1 Å². The monoisotopic (exact) mass is 291 g/mol. The van der Waals surface area contributed by atoms with Crippen LogP contribution >= 0.6 is 0 Å². The predicted molar refractivity (Wildman–Crippen MR) is 69.6 cm³/mol. The van der Waals surface area contributed by atoms with Crippen LogP contribution in [0.4, 0.5) is 0 Å². The minimum absolute atomic E-state index is 0.0697. The first-order valence-corrected chi connectivity index (χ1v) is 6.66. The van der Waals surface area contributed by atoms with Gasteiger partial charge in [-0.25, -0.2) is 0 Å². The molecule has 1 aromatic carbocycles. The third-order valence-corrected chi connectivity index (χ3v) is 4.36. The number of hydrogen-bond donors (Lipinski definition) is 1. The van der Waals surface area contributed by atoms with E-state index in [0.29, 0.717) is 12.0 Å². The fraction of sp³-hybridized carbons (Fsp3) is 0.429. The number of carbonyl (C=O) groups excluding carboxylic acids is 2. The lowest BCUT2D eigenvalue weighted by Gasteiger charge is -2.36. The largest absolute Gasteiger partial charge is 0.504 e. The number of para-hydroxylation sites is 1. The number of phenols is 1. The molecule has 1 N–H and O–H groups in total. The second-order valence-corrected chi connectivity index (χ2v) is 5.40. The summed E-state index contributed by atoms with van der Waals surface area (Å²) in [6.45, 7) is -0.544. The quantitative estimate of drug-likeness (QED) is 0.290. The smallest absolute Gasteiger partial charge is 0.326 e. The first-order chi connectivity index (χ1) is 9.96. The van der Waals surface area contributed by atoms with Gasteiger partial charge in [-0.3, -0.25) is 19.7 Å². The minimum atomic E-state index is -1.48. The first kappa shape index (κ1) is 13.5. The molecule has 0 amide bonds. The molecule has 1 saturated carbocycles. The average Bonchev–Trinajstić information content (AvgIpc) is 2.79. The molecule has 1 aromatic rings. The summed E-state index contributed by atoms with van der Waals surface area (Å²) in [6.07, 6.45) is 0.978. The molecule has 1 fully saturated rings. The van der Waals surface area contributed by atoms with Gasteiger partial charge in [0.05, 0.1) is 5.92 Å². The van der Waals surface area contributed by atoms with Gasteiger partial charge in [-0.05, 0) is 18.9 Å². The zero-order valence-corrected chi connectivity index (χ0v) is 11.1. The highest BCUT2D eigenvalue weighted by molar-refractivity contribution is 6.08. The summed E-state index contributed by atoms with van der Waals surface area (Å²) in [5.41, 5.74) is -1.13. The highest BCUT2D eigenvalue weighted by atomic mass is 16.6. The number of ether oxygens (including phenoxy) is 1. The van der Waals surface area contributed by atoms with Gasteiger partial charge in [0.15, 0.2) is 17.3 Å². The number of phenolic OH excluding ortho intramolecular Hbond substituents is 1. The maximum absolute atomic E-state index is 12.4. The van der Waals surface area contributed by atoms with Crippen LogP contribution in [0.1, 0.15) is 30.7 Å². The Morgan fingerprint density at radius 2 is 2.19 bits per heavy atom. The molecule has 3 rings (SSSR count). The highest BCUT2D eigenvalue weighted by Crippen LogP contribution is 2.54. The number of rotatable bonds is 2. The van der Waals surface area contributed by atoms with Gasteiger partial charge < -0.3 is 9.84 Å². The fourth-order valence-electron chi connectivity index (χ4n) is 3.40. The van der Waals surface area contributed by atoms with Crippen LogP contribution in [0.15, 0.2) is 18.2 Å². The number of aromatic hydroxyl groups is 1. The molecule has 21 heavy (non-hydrogen) atoms. The van der Waals surface area contributed by atoms with E-state index in [1.807, 2.05) is 0 Å². The number of benzene rings is 1. The molecule has 2 atom stereocenters. The lowest BCUT2D eigenvalue weighted by molar-refractivity contribution is -0.485. The van der Waals surface area contributed by atoms with Gasteiger partial charge in [0.1, 0.15) is 5.41 Å². The molecule has 1 spiro atoms. The molecule has 110 valence electrons. The van der Waals surface area contributed by atoms with Crippen molar-refractivity contribution in [2.45, 2.75) is 25.2 Å². The number of hydrogen-bond acceptors (Lipinski definition) is 6. The van der Waals surface area contributed by atoms with E-state index in [-0.39, 0.29) is 30.1 Å². The Labute approximate surface area is 119 Å². The minimum Gasteiger partial charge on any atom is -0.504 e. The van der Waals surface area contributed by atoms with Gasteiger partial charge in [-0.2, -0.15) is 0 Å². The van der Waals surface area contributed by atoms with Gasteiger partial charge in [0.25, 0.3) is 0 Å². The molecule has 7 heteroatoms. The van der Waals surface area contributed by atoms with Crippen LogP contribution in [-0.4, -0.2) is 28.3 Å². The molecule has 1 heterocycles. The molecular weight excluding hydrogens is 278 g/mol. The third kappa shape index (κ3) is 1.80. The molecule has 0 radical (unpaired) electrons. The highest BCUT2D eigenvalue weighted by Gasteiger charge is 2.60. The second kappa shape index (κ2) is 4.54. The van der Waals surface area contributed by atoms with E-state index < -0.39 is 28.8 Å². The van der Waals surface area contributed by atoms with Crippen LogP contribution in [-0.2, 0) is 9.59 Å². The van der Waals surface area contributed by atoms with E-state index in [0.717, 1.165) is 0 Å². The molecule has 7 nitrogen and oxygen atoms in total. The number of nitrogens with zero attached hydrogens (tertiary/aromatic N) is 1. The summed E-state index contributed by atoms with van der Waals surface area (Å²) in [7, 11) is 0. The Balaban J connectivity index is 2.20. The number of ketones is 1. The standard InChI is InChI=1S/C14H13NO6/c16-10-4-1-3-8-9(7-15(19)20)14(6-2-5-11(14)17)13(18)21-12(8)10/h1,3-4,9,16H,2,5-7H2/t9-,14+/m0/s1. The first-order valence-electron chi connectivity index (χ1n) is 6.66. The Morgan fingerprint density at radius 3 is 2.81 bits per heavy atom. The Morgan fingerprint density at radius 1 is 1.43 bits per heavy atom. The zero-order chi connectivity index (χ0) is 15.2. The lowest BCUT2D eigenvalue weighted by atomic mass is 9.68. The van der Waals surface area contributed by atoms with E-state index in [1.54, 1.807) is 6.07 Å². The summed E-state index contributed by atoms with van der Waals surface area (Å²) >= 11 is 0. The number of fused-ring (bicyclic) bond motifs is 1. The van der Waals surface area contributed by atoms with Crippen LogP contribution in [0.25, 0.3) is 0 Å². The van der Waals surface area contributed by atoms with Crippen molar-refractivity contribution in [2.24, 2.45) is 5.41 Å². The lowest BCUT2D eigenvalue weighted by Crippen LogP contribution is -2.48. The van der Waals surface area contributed by atoms with E-state index >= 15 is 0 Å². The summed E-state index contributed by atoms with van der Waals surface area (Å²) in [6, 6.07) is 4.42. The molecule has 2 aliphatic rings. The number of carbonyl (C=O) groups is 2. The van der Waals surface area contributed by atoms with Crippen LogP contribution < -0.4 is 4.74 Å². The second-order valence-electron chi connectivity index (χ2n) is 5.40. The molecule has 0 saturated heterocycles. The van der Waals surface area contributed by atoms with Crippen LogP contribution in [0.3, 0.4) is 0 Å². The SMILES string of the molecule is O=C1CCC[C@]12C(=O)Oc1c(O)cccc1[C@@H]2C[N+](=O)[O-]. The van der Waals surface area contributed by atoms with Crippen LogP contribution in [0.2, 0.25) is 0 Å². The summed E-state index contributed by atoms with van der Waals surface area (Å²) in [4.78, 5) is 35.1. The molecule has 0 unspecified atom stereocenters. The van der Waals surface area contributed by atoms with E-state index in [9.17, 15) is 24.8 Å². The topological polar surface area (TPSA) is 107 Å². The van der Waals surface area contributed by atoms with Crippen molar-refractivity contribution >= 4 is 11.8 Å². The molecule has 1 aliphatic carbocycles. The van der Waals surface area contributed by atoms with Crippen molar-refractivity contribution in [1.82, 2.24) is 0 Å². The molecule has 0 bridgehead atoms. The van der Waals surface area contributed by atoms with Crippen molar-refractivity contribution in [3.05, 3.63) is 33.9 Å². The number of Topliss-reactive ketones (excluding diaryl/α,β-unsaturated/α-hetero) is 1. The van der Waals surface area contributed by atoms with Crippen molar-refractivity contribution in [3.63, 3.8) is 0 Å². The van der Waals surface area contributed by atoms with Gasteiger partial charge in [-0.15, -0.1) is 0 Å². The number of nitro groups is 1. The van der Waals surface area contributed by atoms with Gasteiger partial charge in [-0.1, -0.05) is 12.1 Å². The van der Waals surface area contributed by atoms with Crippen LogP contribution in [0, 0.1) is 15.5 Å². The van der Waals surface area contributed by atoms with E-state index in [2.05, 4.69) is 0 Å². The summed E-state index contributed by atoms with van der Waals surface area (Å²) in [5, 5.41) is 20.8. The maximum Gasteiger partial charge on any atom is 0.326 e. The normalized spacial score (nSPS) is 27.5. The molecule has 0 aromatic heterocycles. The summed E-state index contributed by atoms with van der Waals surface area (Å²) < 4.78 is 5.15. The van der Waals surface area contributed by atoms with Gasteiger partial charge in [0.2, 0.25) is 6.54 Å². The zero-order valence-electron chi connectivity index (χ0n) is 11.1. The molecule has 1 aliphatic heterocycles. The van der Waals surface area contributed by atoms with Gasteiger partial charge >= 0.3 is 5.97 Å². The average molecular weight is 291 g/mol. The summed E-state index contributed by atoms with van der Waals surface area (Å²) in [5.74, 6) is -2.32. The third-order valence-electron chi connectivity index (χ3n) is 4.36. The van der Waals surface area contributed by atoms with Crippen molar-refractivity contribution in [3.8, 4) is 11.5 Å². The Hall–Kier alpha value is -2.44.